The number of benzene rings is 1. The topological polar surface area (TPSA) is 55.8 Å². The number of nitrogens with zero attached hydrogens (tertiary/aromatic N) is 1. The maximum atomic E-state index is 12.9. The van der Waals surface area contributed by atoms with Gasteiger partial charge in [0.25, 0.3) is 0 Å². The molecule has 1 aromatic rings. The summed E-state index contributed by atoms with van der Waals surface area (Å²) in [5, 5.41) is 0. The van der Waals surface area contributed by atoms with Crippen molar-refractivity contribution in [2.45, 2.75) is 17.9 Å². The summed E-state index contributed by atoms with van der Waals surface area (Å²) in [6.07, 6.45) is 0. The number of hydrogen-bond acceptors (Lipinski definition) is 4. The quantitative estimate of drug-likeness (QED) is 0.618. The van der Waals surface area contributed by atoms with Crippen LogP contribution in [0.25, 0.3) is 0 Å². The summed E-state index contributed by atoms with van der Waals surface area (Å²) in [7, 11) is -0.545. The van der Waals surface area contributed by atoms with Crippen LogP contribution in [0.5, 0.6) is 0 Å². The lowest BCUT2D eigenvalue weighted by Crippen LogP contribution is -2.43. The van der Waals surface area contributed by atoms with Gasteiger partial charge in [-0.3, -0.25) is 0 Å². The van der Waals surface area contributed by atoms with Crippen LogP contribution in [0, 0.1) is 0 Å². The summed E-state index contributed by atoms with van der Waals surface area (Å²) in [6, 6.07) is 4.70. The van der Waals surface area contributed by atoms with Gasteiger partial charge in [0, 0.05) is 35.8 Å². The molecule has 0 radical (unpaired) electrons. The number of rotatable bonds is 8. The maximum Gasteiger partial charge on any atom is 0.244 e. The molecule has 1 rings (SSSR count). The van der Waals surface area contributed by atoms with Gasteiger partial charge in [-0.2, -0.15) is 4.31 Å². The van der Waals surface area contributed by atoms with Gasteiger partial charge in [0.1, 0.15) is 0 Å². The van der Waals surface area contributed by atoms with Crippen molar-refractivity contribution in [3.63, 3.8) is 0 Å². The Balaban J connectivity index is 3.19. The van der Waals surface area contributed by atoms with Crippen molar-refractivity contribution in [2.75, 3.05) is 34.0 Å². The molecule has 0 spiro atoms. The Kier molecular flexibility index (Phi) is 7.80. The second-order valence-electron chi connectivity index (χ2n) is 4.49. The van der Waals surface area contributed by atoms with Gasteiger partial charge in [-0.1, -0.05) is 15.9 Å². The van der Waals surface area contributed by atoms with Crippen molar-refractivity contribution in [1.82, 2.24) is 4.31 Å². The monoisotopic (exact) mass is 443 g/mol. The van der Waals surface area contributed by atoms with Crippen LogP contribution in [0.4, 0.5) is 0 Å². The van der Waals surface area contributed by atoms with Gasteiger partial charge in [-0.25, -0.2) is 8.42 Å². The highest BCUT2D eigenvalue weighted by Gasteiger charge is 2.30. The van der Waals surface area contributed by atoms with Crippen molar-refractivity contribution in [3.05, 3.63) is 27.1 Å². The number of ether oxygens (including phenoxy) is 2. The first-order valence-corrected chi connectivity index (χ1v) is 9.32. The summed E-state index contributed by atoms with van der Waals surface area (Å²) >= 11 is 6.63. The van der Waals surface area contributed by atoms with E-state index in [9.17, 15) is 8.42 Å². The molecule has 1 aromatic carbocycles. The molecule has 0 fully saturated rings. The molecule has 0 saturated carbocycles. The smallest absolute Gasteiger partial charge is 0.244 e. The fourth-order valence-electron chi connectivity index (χ4n) is 1.89. The molecule has 5 nitrogen and oxygen atoms in total. The van der Waals surface area contributed by atoms with Gasteiger partial charge >= 0.3 is 0 Å². The van der Waals surface area contributed by atoms with Gasteiger partial charge in [-0.15, -0.1) is 0 Å². The molecule has 1 atom stereocenters. The SMILES string of the molecule is COCCN(C(C)COC)S(=O)(=O)c1ccc(Br)cc1Br. The zero-order valence-electron chi connectivity index (χ0n) is 12.2. The van der Waals surface area contributed by atoms with E-state index < -0.39 is 10.0 Å². The van der Waals surface area contributed by atoms with E-state index in [1.54, 1.807) is 32.4 Å². The van der Waals surface area contributed by atoms with Crippen LogP contribution in [0.2, 0.25) is 0 Å². The summed E-state index contributed by atoms with van der Waals surface area (Å²) < 4.78 is 38.5. The van der Waals surface area contributed by atoms with E-state index in [0.717, 1.165) is 4.47 Å². The Labute approximate surface area is 142 Å². The molecule has 0 aliphatic carbocycles. The van der Waals surface area contributed by atoms with E-state index in [4.69, 9.17) is 9.47 Å². The van der Waals surface area contributed by atoms with Gasteiger partial charge in [0.2, 0.25) is 10.0 Å². The van der Waals surface area contributed by atoms with Crippen molar-refractivity contribution >= 4 is 41.9 Å². The van der Waals surface area contributed by atoms with Crippen molar-refractivity contribution < 1.29 is 17.9 Å². The highest BCUT2D eigenvalue weighted by molar-refractivity contribution is 9.11. The molecule has 8 heteroatoms. The van der Waals surface area contributed by atoms with Gasteiger partial charge in [0.05, 0.1) is 18.1 Å². The zero-order chi connectivity index (χ0) is 16.0. The van der Waals surface area contributed by atoms with Crippen LogP contribution in [-0.4, -0.2) is 52.7 Å². The van der Waals surface area contributed by atoms with Gasteiger partial charge < -0.3 is 9.47 Å². The Bertz CT molecular complexity index is 565. The fourth-order valence-corrected chi connectivity index (χ4v) is 5.20. The van der Waals surface area contributed by atoms with Crippen molar-refractivity contribution in [1.29, 1.82) is 0 Å². The first-order chi connectivity index (χ1) is 9.84. The number of methoxy groups -OCH3 is 2. The van der Waals surface area contributed by atoms with E-state index >= 15 is 0 Å². The Morgan fingerprint density at radius 1 is 1.24 bits per heavy atom. The molecule has 0 saturated heterocycles. The van der Waals surface area contributed by atoms with Crippen molar-refractivity contribution in [3.8, 4) is 0 Å². The van der Waals surface area contributed by atoms with Crippen LogP contribution in [0.3, 0.4) is 0 Å². The lowest BCUT2D eigenvalue weighted by Gasteiger charge is -2.28. The Morgan fingerprint density at radius 3 is 2.43 bits per heavy atom. The first-order valence-electron chi connectivity index (χ1n) is 6.29. The Morgan fingerprint density at radius 2 is 1.90 bits per heavy atom. The molecule has 0 bridgehead atoms. The molecule has 0 N–H and O–H groups in total. The van der Waals surface area contributed by atoms with Crippen LogP contribution < -0.4 is 0 Å². The molecule has 1 unspecified atom stereocenters. The summed E-state index contributed by atoms with van der Waals surface area (Å²) in [5.41, 5.74) is 0. The standard InChI is InChI=1S/C13H19Br2NO4S/c1-10(9-20-3)16(6-7-19-2)21(17,18)13-5-4-11(14)8-12(13)15/h4-5,8,10H,6-7,9H2,1-3H3. The van der Waals surface area contributed by atoms with Crippen molar-refractivity contribution in [2.24, 2.45) is 0 Å². The van der Waals surface area contributed by atoms with E-state index in [0.29, 0.717) is 17.7 Å². The highest BCUT2D eigenvalue weighted by atomic mass is 79.9. The van der Waals surface area contributed by atoms with Gasteiger partial charge in [-0.05, 0) is 41.1 Å². The van der Waals surface area contributed by atoms with Gasteiger partial charge in [0.15, 0.2) is 0 Å². The van der Waals surface area contributed by atoms with Crippen LogP contribution in [0.15, 0.2) is 32.0 Å². The highest BCUT2D eigenvalue weighted by Crippen LogP contribution is 2.29. The van der Waals surface area contributed by atoms with Crippen LogP contribution in [-0.2, 0) is 19.5 Å². The van der Waals surface area contributed by atoms with Crippen LogP contribution in [0.1, 0.15) is 6.92 Å². The third-order valence-electron chi connectivity index (χ3n) is 2.90. The minimum atomic E-state index is -3.64. The predicted octanol–water partition coefficient (Wildman–Crippen LogP) is 2.88. The molecule has 0 amide bonds. The van der Waals surface area contributed by atoms with E-state index in [2.05, 4.69) is 31.9 Å². The largest absolute Gasteiger partial charge is 0.383 e. The molecule has 0 aliphatic rings. The average molecular weight is 445 g/mol. The third-order valence-corrected chi connectivity index (χ3v) is 6.38. The number of halogens is 2. The summed E-state index contributed by atoms with van der Waals surface area (Å²) in [4.78, 5) is 0.227. The minimum absolute atomic E-state index is 0.227. The van der Waals surface area contributed by atoms with Crippen LogP contribution >= 0.6 is 31.9 Å². The number of hydrogen-bond donors (Lipinski definition) is 0. The van der Waals surface area contributed by atoms with E-state index in [1.807, 2.05) is 6.92 Å². The number of sulfonamides is 1. The lowest BCUT2D eigenvalue weighted by molar-refractivity contribution is 0.119. The molecule has 0 aromatic heterocycles. The molecule has 120 valence electrons. The minimum Gasteiger partial charge on any atom is -0.383 e. The fraction of sp³-hybridized carbons (Fsp3) is 0.538. The Hall–Kier alpha value is 0.01000. The summed E-state index contributed by atoms with van der Waals surface area (Å²) in [5.74, 6) is 0. The first kappa shape index (κ1) is 19.1. The third kappa shape index (κ3) is 5.01. The molecule has 0 heterocycles. The lowest BCUT2D eigenvalue weighted by atomic mass is 10.3. The van der Waals surface area contributed by atoms with E-state index in [1.165, 1.54) is 4.31 Å². The normalized spacial score (nSPS) is 13.6. The second kappa shape index (κ2) is 8.59. The zero-order valence-corrected chi connectivity index (χ0v) is 16.2. The molecule has 21 heavy (non-hydrogen) atoms. The average Bonchev–Trinajstić information content (AvgIpc) is 2.38. The predicted molar refractivity (Wildman–Crippen MR) is 88.9 cm³/mol. The molecular formula is C13H19Br2NO4S. The second-order valence-corrected chi connectivity index (χ2v) is 8.12. The molecular weight excluding hydrogens is 426 g/mol. The maximum absolute atomic E-state index is 12.9. The summed E-state index contributed by atoms with van der Waals surface area (Å²) in [6.45, 7) is 2.72. The van der Waals surface area contributed by atoms with E-state index in [-0.39, 0.29) is 17.5 Å². The molecule has 0 aliphatic heterocycles.